The molecule has 9 nitrogen and oxygen atoms in total. The van der Waals surface area contributed by atoms with E-state index in [9.17, 15) is 14.9 Å². The molecule has 0 saturated heterocycles. The molecule has 10 heteroatoms. The molecular formula is C17H17N5O4S. The second-order valence-electron chi connectivity index (χ2n) is 5.58. The number of non-ortho nitro benzene ring substituents is 1. The first-order valence-corrected chi connectivity index (χ1v) is 9.06. The summed E-state index contributed by atoms with van der Waals surface area (Å²) < 4.78 is 7.23. The Bertz CT molecular complexity index is 954. The van der Waals surface area contributed by atoms with Gasteiger partial charge in [-0.1, -0.05) is 17.8 Å². The van der Waals surface area contributed by atoms with Gasteiger partial charge in [0.2, 0.25) is 5.91 Å². The highest BCUT2D eigenvalue weighted by molar-refractivity contribution is 8.00. The lowest BCUT2D eigenvalue weighted by molar-refractivity contribution is -0.384. The van der Waals surface area contributed by atoms with Crippen molar-refractivity contribution < 1.29 is 14.1 Å². The van der Waals surface area contributed by atoms with E-state index in [0.717, 1.165) is 0 Å². The van der Waals surface area contributed by atoms with Gasteiger partial charge in [-0.3, -0.25) is 19.5 Å². The fourth-order valence-electron chi connectivity index (χ4n) is 2.40. The first kappa shape index (κ1) is 18.6. The van der Waals surface area contributed by atoms with Gasteiger partial charge in [0.05, 0.1) is 16.4 Å². The third kappa shape index (κ3) is 4.17. The summed E-state index contributed by atoms with van der Waals surface area (Å²) in [5.41, 5.74) is 0.289. The summed E-state index contributed by atoms with van der Waals surface area (Å²) in [4.78, 5) is 22.8. The maximum absolute atomic E-state index is 12.5. The molecule has 0 fully saturated rings. The number of carbonyl (C=O) groups is 1. The standard InChI is InChI=1S/C17H17N5O4S/c1-3-21-15(14-8-5-9-26-14)19-20-17(21)27-11(2)16(23)18-12-6-4-7-13(10-12)22(24)25/h4-11H,3H2,1-2H3,(H,18,23). The van der Waals surface area contributed by atoms with Crippen molar-refractivity contribution in [1.29, 1.82) is 0 Å². The van der Waals surface area contributed by atoms with Gasteiger partial charge in [0.1, 0.15) is 0 Å². The minimum Gasteiger partial charge on any atom is -0.461 e. The Labute approximate surface area is 158 Å². The number of carbonyl (C=O) groups excluding carboxylic acids is 1. The predicted molar refractivity (Wildman–Crippen MR) is 100 cm³/mol. The Kier molecular flexibility index (Phi) is 5.55. The van der Waals surface area contributed by atoms with Crippen molar-refractivity contribution >= 4 is 29.0 Å². The van der Waals surface area contributed by atoms with Crippen molar-refractivity contribution in [3.05, 3.63) is 52.8 Å². The fourth-order valence-corrected chi connectivity index (χ4v) is 3.31. The Morgan fingerprint density at radius 3 is 2.85 bits per heavy atom. The van der Waals surface area contributed by atoms with E-state index >= 15 is 0 Å². The summed E-state index contributed by atoms with van der Waals surface area (Å²) in [6, 6.07) is 9.38. The molecule has 0 saturated carbocycles. The summed E-state index contributed by atoms with van der Waals surface area (Å²) in [5, 5.41) is 21.9. The van der Waals surface area contributed by atoms with Gasteiger partial charge in [0, 0.05) is 24.4 Å². The molecule has 0 bridgehead atoms. The van der Waals surface area contributed by atoms with Gasteiger partial charge in [-0.15, -0.1) is 10.2 Å². The molecule has 1 unspecified atom stereocenters. The van der Waals surface area contributed by atoms with Gasteiger partial charge in [0.25, 0.3) is 5.69 Å². The third-order valence-corrected chi connectivity index (χ3v) is 4.83. The minimum absolute atomic E-state index is 0.0816. The van der Waals surface area contributed by atoms with E-state index in [0.29, 0.717) is 29.0 Å². The number of nitro benzene ring substituents is 1. The lowest BCUT2D eigenvalue weighted by atomic mass is 10.2. The summed E-state index contributed by atoms with van der Waals surface area (Å²) in [5.74, 6) is 0.909. The van der Waals surface area contributed by atoms with E-state index in [4.69, 9.17) is 4.42 Å². The van der Waals surface area contributed by atoms with Crippen LogP contribution >= 0.6 is 11.8 Å². The van der Waals surface area contributed by atoms with E-state index in [1.807, 2.05) is 11.5 Å². The highest BCUT2D eigenvalue weighted by Crippen LogP contribution is 2.28. The molecule has 1 amide bonds. The van der Waals surface area contributed by atoms with Gasteiger partial charge in [-0.2, -0.15) is 0 Å². The maximum Gasteiger partial charge on any atom is 0.271 e. The van der Waals surface area contributed by atoms with Crippen LogP contribution in [0.15, 0.2) is 52.2 Å². The van der Waals surface area contributed by atoms with Crippen molar-refractivity contribution in [2.45, 2.75) is 30.8 Å². The number of furan rings is 1. The summed E-state index contributed by atoms with van der Waals surface area (Å²) in [6.45, 7) is 4.30. The Hall–Kier alpha value is -3.14. The normalized spacial score (nSPS) is 11.9. The minimum atomic E-state index is -0.506. The highest BCUT2D eigenvalue weighted by atomic mass is 32.2. The Morgan fingerprint density at radius 2 is 2.19 bits per heavy atom. The molecule has 3 aromatic rings. The van der Waals surface area contributed by atoms with Gasteiger partial charge in [0.15, 0.2) is 16.7 Å². The number of rotatable bonds is 7. The molecule has 0 aliphatic rings. The van der Waals surface area contributed by atoms with E-state index in [2.05, 4.69) is 15.5 Å². The Balaban J connectivity index is 1.72. The number of hydrogen-bond acceptors (Lipinski definition) is 7. The number of anilines is 1. The van der Waals surface area contributed by atoms with Gasteiger partial charge in [-0.25, -0.2) is 0 Å². The van der Waals surface area contributed by atoms with Gasteiger partial charge < -0.3 is 9.73 Å². The van der Waals surface area contributed by atoms with Crippen LogP contribution in [-0.2, 0) is 11.3 Å². The molecule has 1 aromatic carbocycles. The smallest absolute Gasteiger partial charge is 0.271 e. The zero-order valence-corrected chi connectivity index (χ0v) is 15.5. The fraction of sp³-hybridized carbons (Fsp3) is 0.235. The highest BCUT2D eigenvalue weighted by Gasteiger charge is 2.21. The molecule has 0 aliphatic carbocycles. The summed E-state index contributed by atoms with van der Waals surface area (Å²) in [6.07, 6.45) is 1.56. The van der Waals surface area contributed by atoms with Crippen LogP contribution in [0.25, 0.3) is 11.6 Å². The van der Waals surface area contributed by atoms with Gasteiger partial charge >= 0.3 is 0 Å². The number of nitrogens with one attached hydrogen (secondary N) is 1. The molecule has 2 heterocycles. The first-order valence-electron chi connectivity index (χ1n) is 8.18. The quantitative estimate of drug-likeness (QED) is 0.374. The van der Waals surface area contributed by atoms with E-state index in [1.54, 1.807) is 31.4 Å². The summed E-state index contributed by atoms with van der Waals surface area (Å²) in [7, 11) is 0. The van der Waals surface area contributed by atoms with Crippen molar-refractivity contribution in [3.63, 3.8) is 0 Å². The largest absolute Gasteiger partial charge is 0.461 e. The lowest BCUT2D eigenvalue weighted by Crippen LogP contribution is -2.23. The number of benzene rings is 1. The molecule has 140 valence electrons. The molecule has 1 atom stereocenters. The number of thioether (sulfide) groups is 1. The van der Waals surface area contributed by atoms with E-state index in [1.165, 1.54) is 30.0 Å². The number of nitrogens with zero attached hydrogens (tertiary/aromatic N) is 4. The van der Waals surface area contributed by atoms with E-state index in [-0.39, 0.29) is 11.6 Å². The second kappa shape index (κ2) is 8.04. The molecule has 3 rings (SSSR count). The van der Waals surface area contributed by atoms with Crippen LogP contribution in [0.2, 0.25) is 0 Å². The van der Waals surface area contributed by atoms with Crippen LogP contribution in [0.5, 0.6) is 0 Å². The first-order chi connectivity index (χ1) is 13.0. The van der Waals surface area contributed by atoms with Crippen molar-refractivity contribution in [1.82, 2.24) is 14.8 Å². The summed E-state index contributed by atoms with van der Waals surface area (Å²) >= 11 is 1.25. The topological polar surface area (TPSA) is 116 Å². The third-order valence-electron chi connectivity index (χ3n) is 3.75. The molecule has 0 aliphatic heterocycles. The van der Waals surface area contributed by atoms with Crippen LogP contribution in [0.4, 0.5) is 11.4 Å². The number of hydrogen-bond donors (Lipinski definition) is 1. The second-order valence-corrected chi connectivity index (χ2v) is 6.89. The molecule has 0 spiro atoms. The molecular weight excluding hydrogens is 370 g/mol. The van der Waals surface area contributed by atoms with Crippen molar-refractivity contribution in [2.75, 3.05) is 5.32 Å². The zero-order chi connectivity index (χ0) is 19.4. The van der Waals surface area contributed by atoms with Crippen LogP contribution < -0.4 is 5.32 Å². The average molecular weight is 387 g/mol. The SMILES string of the molecule is CCn1c(SC(C)C(=O)Nc2cccc([N+](=O)[O-])c2)nnc1-c1ccco1. The van der Waals surface area contributed by atoms with Gasteiger partial charge in [-0.05, 0) is 32.0 Å². The molecule has 2 aromatic heterocycles. The average Bonchev–Trinajstić information content (AvgIpc) is 3.31. The van der Waals surface area contributed by atoms with Crippen LogP contribution in [0, 0.1) is 10.1 Å². The molecule has 0 radical (unpaired) electrons. The monoisotopic (exact) mass is 387 g/mol. The maximum atomic E-state index is 12.5. The van der Waals surface area contributed by atoms with Crippen LogP contribution in [0.1, 0.15) is 13.8 Å². The predicted octanol–water partition coefficient (Wildman–Crippen LogP) is 3.59. The number of nitro groups is 1. The molecule has 27 heavy (non-hydrogen) atoms. The molecule has 1 N–H and O–H groups in total. The van der Waals surface area contributed by atoms with Crippen molar-refractivity contribution in [3.8, 4) is 11.6 Å². The Morgan fingerprint density at radius 1 is 1.37 bits per heavy atom. The van der Waals surface area contributed by atoms with Crippen LogP contribution in [-0.4, -0.2) is 30.8 Å². The van der Waals surface area contributed by atoms with Crippen LogP contribution in [0.3, 0.4) is 0 Å². The van der Waals surface area contributed by atoms with Crippen molar-refractivity contribution in [2.24, 2.45) is 0 Å². The number of amides is 1. The zero-order valence-electron chi connectivity index (χ0n) is 14.7. The lowest BCUT2D eigenvalue weighted by Gasteiger charge is -2.12. The van der Waals surface area contributed by atoms with E-state index < -0.39 is 10.2 Å². The number of aromatic nitrogens is 3.